The number of Topliss-reactive ketones (excluding diaryl/α,β-unsaturated/α-hetero) is 1. The molecule has 0 aromatic heterocycles. The van der Waals surface area contributed by atoms with Crippen LogP contribution in [0.2, 0.25) is 0 Å². The SMILES string of the molecule is CC(=O)c1ccc2c(c1)N(C(C)C(=O)NCCc1ccc(F)cc1)C(=O)CO2. The molecule has 7 heteroatoms. The summed E-state index contributed by atoms with van der Waals surface area (Å²) in [6.45, 7) is 3.25. The Hall–Kier alpha value is -3.22. The zero-order valence-electron chi connectivity index (χ0n) is 15.7. The second kappa shape index (κ2) is 8.21. The molecule has 1 heterocycles. The molecule has 2 amide bonds. The van der Waals surface area contributed by atoms with Crippen molar-refractivity contribution in [3.05, 3.63) is 59.4 Å². The number of hydrogen-bond donors (Lipinski definition) is 1. The van der Waals surface area contributed by atoms with E-state index in [0.29, 0.717) is 30.0 Å². The van der Waals surface area contributed by atoms with Crippen LogP contribution in [-0.2, 0) is 16.0 Å². The Bertz CT molecular complexity index is 911. The van der Waals surface area contributed by atoms with Crippen molar-refractivity contribution in [1.29, 1.82) is 0 Å². The Morgan fingerprint density at radius 2 is 1.93 bits per heavy atom. The molecule has 3 rings (SSSR count). The van der Waals surface area contributed by atoms with Crippen LogP contribution in [0.1, 0.15) is 29.8 Å². The standard InChI is InChI=1S/C21H21FN2O4/c1-13(21(27)23-10-9-15-3-6-17(22)7-4-15)24-18-11-16(14(2)25)5-8-19(18)28-12-20(24)26/h3-8,11,13H,9-10,12H2,1-2H3,(H,23,27). The first-order valence-electron chi connectivity index (χ1n) is 8.99. The number of hydrogen-bond acceptors (Lipinski definition) is 4. The number of anilines is 1. The lowest BCUT2D eigenvalue weighted by Crippen LogP contribution is -2.51. The molecule has 2 aromatic carbocycles. The van der Waals surface area contributed by atoms with Gasteiger partial charge in [-0.1, -0.05) is 12.1 Å². The first-order valence-corrected chi connectivity index (χ1v) is 8.99. The van der Waals surface area contributed by atoms with E-state index in [9.17, 15) is 18.8 Å². The zero-order chi connectivity index (χ0) is 20.3. The molecule has 1 atom stereocenters. The normalized spacial score (nSPS) is 14.1. The Morgan fingerprint density at radius 1 is 1.21 bits per heavy atom. The van der Waals surface area contributed by atoms with Crippen LogP contribution in [0.25, 0.3) is 0 Å². The highest BCUT2D eigenvalue weighted by Gasteiger charge is 2.33. The first-order chi connectivity index (χ1) is 13.4. The summed E-state index contributed by atoms with van der Waals surface area (Å²) < 4.78 is 18.4. The summed E-state index contributed by atoms with van der Waals surface area (Å²) in [5.74, 6) is -0.672. The zero-order valence-corrected chi connectivity index (χ0v) is 15.7. The quantitative estimate of drug-likeness (QED) is 0.777. The van der Waals surface area contributed by atoms with Gasteiger partial charge in [0, 0.05) is 12.1 Å². The van der Waals surface area contributed by atoms with Gasteiger partial charge in [-0.3, -0.25) is 19.3 Å². The molecule has 146 valence electrons. The van der Waals surface area contributed by atoms with E-state index in [1.807, 2.05) is 0 Å². The van der Waals surface area contributed by atoms with E-state index in [4.69, 9.17) is 4.74 Å². The number of ketones is 1. The number of amides is 2. The van der Waals surface area contributed by atoms with Gasteiger partial charge >= 0.3 is 0 Å². The third-order valence-electron chi connectivity index (χ3n) is 4.64. The number of fused-ring (bicyclic) bond motifs is 1. The van der Waals surface area contributed by atoms with Crippen LogP contribution in [0.3, 0.4) is 0 Å². The summed E-state index contributed by atoms with van der Waals surface area (Å²) in [4.78, 5) is 38.0. The maximum Gasteiger partial charge on any atom is 0.265 e. The molecular weight excluding hydrogens is 363 g/mol. The number of nitrogens with zero attached hydrogens (tertiary/aromatic N) is 1. The van der Waals surface area contributed by atoms with Gasteiger partial charge in [0.1, 0.15) is 17.6 Å². The molecule has 1 unspecified atom stereocenters. The second-order valence-electron chi connectivity index (χ2n) is 6.63. The highest BCUT2D eigenvalue weighted by Crippen LogP contribution is 2.34. The molecule has 6 nitrogen and oxygen atoms in total. The topological polar surface area (TPSA) is 75.7 Å². The van der Waals surface area contributed by atoms with Gasteiger partial charge in [-0.25, -0.2) is 4.39 Å². The van der Waals surface area contributed by atoms with Crippen molar-refractivity contribution < 1.29 is 23.5 Å². The van der Waals surface area contributed by atoms with E-state index in [1.165, 1.54) is 24.0 Å². The lowest BCUT2D eigenvalue weighted by atomic mass is 10.1. The third kappa shape index (κ3) is 4.19. The molecular formula is C21H21FN2O4. The van der Waals surface area contributed by atoms with E-state index in [1.54, 1.807) is 37.3 Å². The third-order valence-corrected chi connectivity index (χ3v) is 4.64. The number of rotatable bonds is 6. The Balaban J connectivity index is 1.70. The van der Waals surface area contributed by atoms with Crippen LogP contribution in [0.5, 0.6) is 5.75 Å². The van der Waals surface area contributed by atoms with Gasteiger partial charge in [-0.2, -0.15) is 0 Å². The average molecular weight is 384 g/mol. The minimum absolute atomic E-state index is 0.142. The van der Waals surface area contributed by atoms with E-state index < -0.39 is 6.04 Å². The summed E-state index contributed by atoms with van der Waals surface area (Å²) in [6.07, 6.45) is 0.543. The molecule has 0 aliphatic carbocycles. The summed E-state index contributed by atoms with van der Waals surface area (Å²) in [7, 11) is 0. The van der Waals surface area contributed by atoms with Crippen LogP contribution in [0.4, 0.5) is 10.1 Å². The molecule has 1 aliphatic rings. The van der Waals surface area contributed by atoms with Crippen molar-refractivity contribution in [2.24, 2.45) is 0 Å². The van der Waals surface area contributed by atoms with Gasteiger partial charge in [0.2, 0.25) is 5.91 Å². The molecule has 0 bridgehead atoms. The molecule has 1 N–H and O–H groups in total. The maximum absolute atomic E-state index is 12.9. The smallest absolute Gasteiger partial charge is 0.265 e. The van der Waals surface area contributed by atoms with Gasteiger partial charge in [0.05, 0.1) is 5.69 Å². The van der Waals surface area contributed by atoms with Gasteiger partial charge in [-0.15, -0.1) is 0 Å². The van der Waals surface area contributed by atoms with Gasteiger partial charge in [0.25, 0.3) is 5.91 Å². The monoisotopic (exact) mass is 384 g/mol. The summed E-state index contributed by atoms with van der Waals surface area (Å²) in [6, 6.07) is 10.1. The lowest BCUT2D eigenvalue weighted by molar-refractivity contribution is -0.127. The predicted octanol–water partition coefficient (Wildman–Crippen LogP) is 2.50. The summed E-state index contributed by atoms with van der Waals surface area (Å²) in [5.41, 5.74) is 1.74. The molecule has 28 heavy (non-hydrogen) atoms. The summed E-state index contributed by atoms with van der Waals surface area (Å²) >= 11 is 0. The number of halogens is 1. The molecule has 0 saturated heterocycles. The van der Waals surface area contributed by atoms with Crippen molar-refractivity contribution in [2.75, 3.05) is 18.1 Å². The van der Waals surface area contributed by atoms with Crippen molar-refractivity contribution in [3.8, 4) is 5.75 Å². The predicted molar refractivity (Wildman–Crippen MR) is 102 cm³/mol. The second-order valence-corrected chi connectivity index (χ2v) is 6.63. The first kappa shape index (κ1) is 19.5. The van der Waals surface area contributed by atoms with E-state index >= 15 is 0 Å². The molecule has 1 aliphatic heterocycles. The van der Waals surface area contributed by atoms with Crippen LogP contribution in [0, 0.1) is 5.82 Å². The van der Waals surface area contributed by atoms with Crippen molar-refractivity contribution in [2.45, 2.75) is 26.3 Å². The highest BCUT2D eigenvalue weighted by molar-refractivity contribution is 6.05. The van der Waals surface area contributed by atoms with E-state index in [2.05, 4.69) is 5.32 Å². The molecule has 2 aromatic rings. The number of carbonyl (C=O) groups is 3. The number of nitrogens with one attached hydrogen (secondary N) is 1. The average Bonchev–Trinajstić information content (AvgIpc) is 2.68. The maximum atomic E-state index is 12.9. The minimum Gasteiger partial charge on any atom is -0.482 e. The van der Waals surface area contributed by atoms with E-state index in [0.717, 1.165) is 5.56 Å². The fraction of sp³-hybridized carbons (Fsp3) is 0.286. The molecule has 0 fully saturated rings. The van der Waals surface area contributed by atoms with Gasteiger partial charge in [0.15, 0.2) is 12.4 Å². The van der Waals surface area contributed by atoms with Crippen molar-refractivity contribution >= 4 is 23.3 Å². The number of carbonyl (C=O) groups excluding carboxylic acids is 3. The largest absolute Gasteiger partial charge is 0.482 e. The highest BCUT2D eigenvalue weighted by atomic mass is 19.1. The summed E-state index contributed by atoms with van der Waals surface area (Å²) in [5, 5.41) is 2.80. The lowest BCUT2D eigenvalue weighted by Gasteiger charge is -2.33. The van der Waals surface area contributed by atoms with Crippen LogP contribution in [0.15, 0.2) is 42.5 Å². The molecule has 0 radical (unpaired) electrons. The molecule has 0 saturated carbocycles. The van der Waals surface area contributed by atoms with Crippen molar-refractivity contribution in [1.82, 2.24) is 5.32 Å². The molecule has 0 spiro atoms. The minimum atomic E-state index is -0.773. The van der Waals surface area contributed by atoms with Crippen LogP contribution < -0.4 is 15.0 Å². The van der Waals surface area contributed by atoms with Crippen LogP contribution >= 0.6 is 0 Å². The fourth-order valence-corrected chi connectivity index (χ4v) is 3.06. The Kier molecular flexibility index (Phi) is 5.73. The van der Waals surface area contributed by atoms with Crippen molar-refractivity contribution in [3.63, 3.8) is 0 Å². The van der Waals surface area contributed by atoms with Gasteiger partial charge < -0.3 is 10.1 Å². The van der Waals surface area contributed by atoms with E-state index in [-0.39, 0.29) is 30.0 Å². The fourth-order valence-electron chi connectivity index (χ4n) is 3.06. The number of benzene rings is 2. The Morgan fingerprint density at radius 3 is 2.61 bits per heavy atom. The Labute approximate surface area is 162 Å². The number of ether oxygens (including phenoxy) is 1. The van der Waals surface area contributed by atoms with Crippen LogP contribution in [-0.4, -0.2) is 36.8 Å². The van der Waals surface area contributed by atoms with Gasteiger partial charge in [-0.05, 0) is 56.2 Å².